The zero-order chi connectivity index (χ0) is 22.3. The van der Waals surface area contributed by atoms with E-state index < -0.39 is 41.4 Å². The lowest BCUT2D eigenvalue weighted by molar-refractivity contribution is -0.130. The van der Waals surface area contributed by atoms with Gasteiger partial charge < -0.3 is 15.2 Å². The number of aromatic amines is 1. The number of amides is 4. The highest BCUT2D eigenvalue weighted by Crippen LogP contribution is 2.30. The van der Waals surface area contributed by atoms with Crippen LogP contribution in [0.4, 0.5) is 13.6 Å². The van der Waals surface area contributed by atoms with Gasteiger partial charge in [0.25, 0.3) is 11.8 Å². The zero-order valence-corrected chi connectivity index (χ0v) is 16.7. The minimum Gasteiger partial charge on any atom is -0.356 e. The summed E-state index contributed by atoms with van der Waals surface area (Å²) in [5, 5.41) is 2.44. The van der Waals surface area contributed by atoms with Crippen LogP contribution < -0.4 is 5.32 Å². The quantitative estimate of drug-likeness (QED) is 0.561. The van der Waals surface area contributed by atoms with Gasteiger partial charge in [-0.25, -0.2) is 13.6 Å². The van der Waals surface area contributed by atoms with Crippen molar-refractivity contribution in [2.75, 3.05) is 19.6 Å². The third-order valence-corrected chi connectivity index (χ3v) is 5.70. The number of carbonyl (C=O) groups excluding carboxylic acids is 4. The van der Waals surface area contributed by atoms with Crippen LogP contribution in [0.1, 0.15) is 46.2 Å². The number of halogens is 2. The molecule has 31 heavy (non-hydrogen) atoms. The molecule has 0 spiro atoms. The Balaban J connectivity index is 1.49. The summed E-state index contributed by atoms with van der Waals surface area (Å²) in [6.45, 7) is 2.12. The van der Waals surface area contributed by atoms with Gasteiger partial charge in [-0.2, -0.15) is 0 Å². The second kappa shape index (κ2) is 7.60. The van der Waals surface area contributed by atoms with E-state index >= 15 is 0 Å². The molecule has 3 heterocycles. The number of likely N-dealkylation sites (tertiary alicyclic amines) is 1. The molecule has 2 fully saturated rings. The van der Waals surface area contributed by atoms with Crippen molar-refractivity contribution in [3.05, 3.63) is 58.9 Å². The Kier molecular flexibility index (Phi) is 5.08. The Morgan fingerprint density at radius 1 is 1.10 bits per heavy atom. The van der Waals surface area contributed by atoms with Crippen molar-refractivity contribution < 1.29 is 28.0 Å². The Bertz CT molecular complexity index is 1090. The van der Waals surface area contributed by atoms with Crippen LogP contribution in [0.25, 0.3) is 0 Å². The van der Waals surface area contributed by atoms with E-state index in [1.54, 1.807) is 4.90 Å². The molecule has 2 aliphatic rings. The lowest BCUT2D eigenvalue weighted by atomic mass is 9.92. The second-order valence-electron chi connectivity index (χ2n) is 7.80. The van der Waals surface area contributed by atoms with Crippen molar-refractivity contribution in [1.29, 1.82) is 0 Å². The van der Waals surface area contributed by atoms with E-state index in [2.05, 4.69) is 10.3 Å². The third kappa shape index (κ3) is 3.58. The predicted octanol–water partition coefficient (Wildman–Crippen LogP) is 2.18. The van der Waals surface area contributed by atoms with E-state index in [9.17, 15) is 28.0 Å². The van der Waals surface area contributed by atoms with Gasteiger partial charge in [-0.15, -0.1) is 0 Å². The van der Waals surface area contributed by atoms with Gasteiger partial charge in [0, 0.05) is 24.8 Å². The van der Waals surface area contributed by atoms with Crippen molar-refractivity contribution in [3.63, 3.8) is 0 Å². The van der Waals surface area contributed by atoms with Crippen LogP contribution >= 0.6 is 0 Å². The number of benzene rings is 1. The van der Waals surface area contributed by atoms with E-state index in [-0.39, 0.29) is 22.7 Å². The van der Waals surface area contributed by atoms with Crippen molar-refractivity contribution in [3.8, 4) is 0 Å². The maximum Gasteiger partial charge on any atom is 0.325 e. The minimum absolute atomic E-state index is 0.0554. The van der Waals surface area contributed by atoms with Gasteiger partial charge in [0.05, 0.1) is 6.54 Å². The topological polar surface area (TPSA) is 103 Å². The fourth-order valence-electron chi connectivity index (χ4n) is 3.85. The average Bonchev–Trinajstić information content (AvgIpc) is 3.48. The number of nitrogens with one attached hydrogen (secondary N) is 2. The first kappa shape index (κ1) is 20.7. The van der Waals surface area contributed by atoms with Gasteiger partial charge in [0.15, 0.2) is 17.4 Å². The number of aromatic nitrogens is 1. The van der Waals surface area contributed by atoms with Crippen LogP contribution in [0.2, 0.25) is 0 Å². The van der Waals surface area contributed by atoms with Crippen LogP contribution in [0.15, 0.2) is 30.5 Å². The summed E-state index contributed by atoms with van der Waals surface area (Å²) < 4.78 is 26.9. The summed E-state index contributed by atoms with van der Waals surface area (Å²) in [4.78, 5) is 55.5. The van der Waals surface area contributed by atoms with Gasteiger partial charge in [-0.3, -0.25) is 19.3 Å². The van der Waals surface area contributed by atoms with E-state index in [1.165, 1.54) is 25.3 Å². The van der Waals surface area contributed by atoms with Crippen LogP contribution in [-0.4, -0.2) is 58.0 Å². The molecule has 2 N–H and O–H groups in total. The van der Waals surface area contributed by atoms with E-state index in [0.717, 1.165) is 29.9 Å². The molecule has 1 atom stereocenters. The predicted molar refractivity (Wildman–Crippen MR) is 104 cm³/mol. The molecule has 8 nitrogen and oxygen atoms in total. The Hall–Kier alpha value is -3.56. The normalized spacial score (nSPS) is 21.0. The molecule has 2 aliphatic heterocycles. The summed E-state index contributed by atoms with van der Waals surface area (Å²) in [5.41, 5.74) is -1.17. The number of imide groups is 1. The minimum atomic E-state index is -1.64. The molecule has 0 bridgehead atoms. The van der Waals surface area contributed by atoms with E-state index in [1.807, 2.05) is 0 Å². The number of ketones is 1. The Morgan fingerprint density at radius 3 is 2.48 bits per heavy atom. The van der Waals surface area contributed by atoms with Crippen molar-refractivity contribution >= 4 is 23.6 Å². The van der Waals surface area contributed by atoms with Crippen LogP contribution in [-0.2, 0) is 10.3 Å². The molecular weight excluding hydrogens is 410 g/mol. The molecule has 1 aromatic heterocycles. The van der Waals surface area contributed by atoms with Gasteiger partial charge in [-0.05, 0) is 43.5 Å². The largest absolute Gasteiger partial charge is 0.356 e. The summed E-state index contributed by atoms with van der Waals surface area (Å²) in [5.74, 6) is -3.76. The summed E-state index contributed by atoms with van der Waals surface area (Å²) in [6, 6.07) is 3.47. The van der Waals surface area contributed by atoms with Crippen molar-refractivity contribution in [2.24, 2.45) is 0 Å². The van der Waals surface area contributed by atoms with Crippen LogP contribution in [0.5, 0.6) is 0 Å². The summed E-state index contributed by atoms with van der Waals surface area (Å²) >= 11 is 0. The lowest BCUT2D eigenvalue weighted by Gasteiger charge is -2.22. The molecule has 4 amide bonds. The highest BCUT2D eigenvalue weighted by Gasteiger charge is 2.49. The second-order valence-corrected chi connectivity index (χ2v) is 7.80. The van der Waals surface area contributed by atoms with Gasteiger partial charge in [0.2, 0.25) is 0 Å². The fourth-order valence-corrected chi connectivity index (χ4v) is 3.85. The zero-order valence-electron chi connectivity index (χ0n) is 16.7. The number of hydrogen-bond donors (Lipinski definition) is 2. The molecule has 4 rings (SSSR count). The Morgan fingerprint density at radius 2 is 1.81 bits per heavy atom. The number of H-pyrrole nitrogens is 1. The van der Waals surface area contributed by atoms with Crippen molar-refractivity contribution in [1.82, 2.24) is 20.1 Å². The van der Waals surface area contributed by atoms with E-state index in [4.69, 9.17) is 0 Å². The van der Waals surface area contributed by atoms with Gasteiger partial charge in [0.1, 0.15) is 11.2 Å². The molecule has 0 aliphatic carbocycles. The standard InChI is InChI=1S/C21H20F2N4O4/c1-21(13-4-5-14(22)15(23)9-13)19(30)27(20(31)25-21)11-17(28)12-8-16(24-10-12)18(29)26-6-2-3-7-26/h4-5,8-10,24H,2-3,6-7,11H2,1H3,(H,25,31)/t21-/m1/s1. The first-order chi connectivity index (χ1) is 14.7. The number of rotatable bonds is 5. The molecule has 0 saturated carbocycles. The maximum absolute atomic E-state index is 13.6. The van der Waals surface area contributed by atoms with Crippen LogP contribution in [0.3, 0.4) is 0 Å². The molecule has 162 valence electrons. The van der Waals surface area contributed by atoms with Gasteiger partial charge in [-0.1, -0.05) is 6.07 Å². The average molecular weight is 430 g/mol. The smallest absolute Gasteiger partial charge is 0.325 e. The summed E-state index contributed by atoms with van der Waals surface area (Å²) in [6.07, 6.45) is 3.22. The van der Waals surface area contributed by atoms with Crippen molar-refractivity contribution in [2.45, 2.75) is 25.3 Å². The maximum atomic E-state index is 13.6. The number of carbonyl (C=O) groups is 4. The highest BCUT2D eigenvalue weighted by molar-refractivity contribution is 6.11. The van der Waals surface area contributed by atoms with Crippen LogP contribution in [0, 0.1) is 11.6 Å². The number of hydrogen-bond acceptors (Lipinski definition) is 4. The first-order valence-electron chi connectivity index (χ1n) is 9.81. The third-order valence-electron chi connectivity index (χ3n) is 5.70. The lowest BCUT2D eigenvalue weighted by Crippen LogP contribution is -2.41. The summed E-state index contributed by atoms with van der Waals surface area (Å²) in [7, 11) is 0. The highest BCUT2D eigenvalue weighted by atomic mass is 19.2. The molecule has 10 heteroatoms. The number of nitrogens with zero attached hydrogens (tertiary/aromatic N) is 2. The number of Topliss-reactive ketones (excluding diaryl/α,β-unsaturated/α-hetero) is 1. The molecular formula is C21H20F2N4O4. The van der Waals surface area contributed by atoms with Gasteiger partial charge >= 0.3 is 6.03 Å². The first-order valence-corrected chi connectivity index (χ1v) is 9.81. The fraction of sp³-hybridized carbons (Fsp3) is 0.333. The monoisotopic (exact) mass is 430 g/mol. The molecule has 2 saturated heterocycles. The van der Waals surface area contributed by atoms with E-state index in [0.29, 0.717) is 13.1 Å². The Labute approximate surface area is 176 Å². The molecule has 1 aromatic carbocycles. The number of urea groups is 1. The SMILES string of the molecule is C[C@]1(c2ccc(F)c(F)c2)NC(=O)N(CC(=O)c2c[nH]c(C(=O)N3CCCC3)c2)C1=O. The molecule has 2 aromatic rings. The molecule has 0 radical (unpaired) electrons. The molecule has 0 unspecified atom stereocenters.